The molecule has 4 nitrogen and oxygen atoms in total. The van der Waals surface area contributed by atoms with Crippen LogP contribution in [0.3, 0.4) is 0 Å². The van der Waals surface area contributed by atoms with E-state index in [4.69, 9.17) is 9.72 Å². The van der Waals surface area contributed by atoms with Gasteiger partial charge in [0.15, 0.2) is 0 Å². The Morgan fingerprint density at radius 2 is 1.89 bits per heavy atom. The largest absolute Gasteiger partial charge is 0.496 e. The smallest absolute Gasteiger partial charge is 0.123 e. The van der Waals surface area contributed by atoms with Crippen molar-refractivity contribution in [1.82, 2.24) is 9.88 Å². The molecule has 1 aromatic heterocycles. The van der Waals surface area contributed by atoms with Crippen LogP contribution < -0.4 is 10.1 Å². The number of nitrogens with one attached hydrogen (secondary N) is 1. The second-order valence-corrected chi connectivity index (χ2v) is 9.20. The summed E-state index contributed by atoms with van der Waals surface area (Å²) in [7, 11) is 1.81. The Kier molecular flexibility index (Phi) is 4.70. The molecule has 0 unspecified atom stereocenters. The van der Waals surface area contributed by atoms with E-state index in [1.807, 2.05) is 7.11 Å². The minimum atomic E-state index is 0.555. The molecule has 1 aromatic carbocycles. The lowest BCUT2D eigenvalue weighted by atomic mass is 9.99. The minimum absolute atomic E-state index is 0.555. The fourth-order valence-corrected chi connectivity index (χ4v) is 5.13. The van der Waals surface area contributed by atoms with Gasteiger partial charge in [0.2, 0.25) is 0 Å². The van der Waals surface area contributed by atoms with Gasteiger partial charge < -0.3 is 15.0 Å². The van der Waals surface area contributed by atoms with Gasteiger partial charge in [-0.15, -0.1) is 0 Å². The van der Waals surface area contributed by atoms with Gasteiger partial charge in [0.1, 0.15) is 5.75 Å². The third-order valence-electron chi connectivity index (χ3n) is 6.99. The molecule has 0 bridgehead atoms. The fourth-order valence-electron chi connectivity index (χ4n) is 5.13. The zero-order valence-corrected chi connectivity index (χ0v) is 17.6. The van der Waals surface area contributed by atoms with Crippen molar-refractivity contribution >= 4 is 16.6 Å². The van der Waals surface area contributed by atoms with Crippen LogP contribution in [0.2, 0.25) is 0 Å². The Bertz CT molecular complexity index is 879. The van der Waals surface area contributed by atoms with Crippen molar-refractivity contribution in [1.29, 1.82) is 0 Å². The molecule has 1 N–H and O–H groups in total. The van der Waals surface area contributed by atoms with Crippen molar-refractivity contribution in [2.24, 2.45) is 0 Å². The van der Waals surface area contributed by atoms with E-state index in [0.29, 0.717) is 18.0 Å². The van der Waals surface area contributed by atoms with Crippen molar-refractivity contribution in [3.05, 3.63) is 29.0 Å². The molecular weight excluding hydrogens is 346 g/mol. The van der Waals surface area contributed by atoms with Crippen LogP contribution in [0.4, 0.5) is 5.69 Å². The average Bonchev–Trinajstić information content (AvgIpc) is 3.45. The van der Waals surface area contributed by atoms with Crippen LogP contribution in [0.1, 0.15) is 68.7 Å². The van der Waals surface area contributed by atoms with E-state index >= 15 is 0 Å². The lowest BCUT2D eigenvalue weighted by Crippen LogP contribution is -2.42. The number of aryl methyl sites for hydroxylation is 1. The third-order valence-corrected chi connectivity index (χ3v) is 6.99. The van der Waals surface area contributed by atoms with E-state index < -0.39 is 0 Å². The van der Waals surface area contributed by atoms with Gasteiger partial charge in [0.05, 0.1) is 12.6 Å². The summed E-state index contributed by atoms with van der Waals surface area (Å²) < 4.78 is 5.80. The van der Waals surface area contributed by atoms with E-state index in [1.165, 1.54) is 73.1 Å². The highest BCUT2D eigenvalue weighted by Gasteiger charge is 2.29. The summed E-state index contributed by atoms with van der Waals surface area (Å²) in [5.41, 5.74) is 6.64. The molecule has 2 aromatic rings. The zero-order valence-electron chi connectivity index (χ0n) is 17.6. The van der Waals surface area contributed by atoms with Crippen molar-refractivity contribution in [2.75, 3.05) is 25.5 Å². The van der Waals surface area contributed by atoms with Crippen molar-refractivity contribution in [3.8, 4) is 5.75 Å². The normalized spacial score (nSPS) is 20.7. The maximum atomic E-state index is 5.80. The topological polar surface area (TPSA) is 37.4 Å². The maximum Gasteiger partial charge on any atom is 0.123 e. The Morgan fingerprint density at radius 3 is 2.57 bits per heavy atom. The number of nitrogens with zero attached hydrogens (tertiary/aromatic N) is 2. The maximum absolute atomic E-state index is 5.80. The molecule has 1 saturated carbocycles. The van der Waals surface area contributed by atoms with Gasteiger partial charge in [-0.05, 0) is 88.0 Å². The molecule has 2 aliphatic carbocycles. The number of anilines is 1. The highest BCUT2D eigenvalue weighted by Crippen LogP contribution is 2.47. The van der Waals surface area contributed by atoms with Crippen LogP contribution in [-0.2, 0) is 12.8 Å². The number of pyridine rings is 1. The summed E-state index contributed by atoms with van der Waals surface area (Å²) in [6.45, 7) is 6.99. The highest BCUT2D eigenvalue weighted by atomic mass is 16.5. The molecule has 28 heavy (non-hydrogen) atoms. The van der Waals surface area contributed by atoms with Crippen LogP contribution in [0, 0.1) is 0 Å². The van der Waals surface area contributed by atoms with E-state index in [-0.39, 0.29) is 0 Å². The molecule has 2 fully saturated rings. The number of benzene rings is 1. The number of ether oxygens (including phenoxy) is 1. The number of hydrogen-bond acceptors (Lipinski definition) is 4. The summed E-state index contributed by atoms with van der Waals surface area (Å²) in [6, 6.07) is 5.79. The van der Waals surface area contributed by atoms with Crippen LogP contribution >= 0.6 is 0 Å². The van der Waals surface area contributed by atoms with Gasteiger partial charge in [-0.2, -0.15) is 0 Å². The number of likely N-dealkylation sites (tertiary alicyclic amines) is 1. The third kappa shape index (κ3) is 3.26. The Balaban J connectivity index is 1.52. The van der Waals surface area contributed by atoms with Crippen LogP contribution in [-0.4, -0.2) is 42.2 Å². The number of methoxy groups -OCH3 is 1. The van der Waals surface area contributed by atoms with Crippen LogP contribution in [0.15, 0.2) is 12.1 Å². The monoisotopic (exact) mass is 379 g/mol. The predicted molar refractivity (Wildman–Crippen MR) is 116 cm³/mol. The van der Waals surface area contributed by atoms with Gasteiger partial charge in [-0.1, -0.05) is 0 Å². The Morgan fingerprint density at radius 1 is 1.11 bits per heavy atom. The zero-order chi connectivity index (χ0) is 19.3. The van der Waals surface area contributed by atoms with Crippen molar-refractivity contribution in [2.45, 2.75) is 76.8 Å². The molecule has 0 radical (unpaired) electrons. The molecule has 0 atom stereocenters. The van der Waals surface area contributed by atoms with Crippen LogP contribution in [0.5, 0.6) is 5.75 Å². The van der Waals surface area contributed by atoms with Gasteiger partial charge >= 0.3 is 0 Å². The molecule has 3 aliphatic rings. The summed E-state index contributed by atoms with van der Waals surface area (Å²) in [4.78, 5) is 7.68. The molecular formula is C24H33N3O. The van der Waals surface area contributed by atoms with E-state index in [1.54, 1.807) is 0 Å². The lowest BCUT2D eigenvalue weighted by molar-refractivity contribution is 0.177. The molecule has 150 valence electrons. The highest BCUT2D eigenvalue weighted by molar-refractivity contribution is 5.95. The van der Waals surface area contributed by atoms with Crippen molar-refractivity contribution < 1.29 is 4.74 Å². The molecule has 1 saturated heterocycles. The van der Waals surface area contributed by atoms with Gasteiger partial charge in [0.25, 0.3) is 0 Å². The summed E-state index contributed by atoms with van der Waals surface area (Å²) in [5, 5.41) is 5.23. The Labute approximate surface area is 168 Å². The second-order valence-electron chi connectivity index (χ2n) is 9.20. The standard InChI is InChI=1S/C24H33N3O/c1-15(2)27-11-9-17(10-12-27)25-24-18-5-4-6-21(18)26-22-13-19(16-7-8-16)23(28-3)14-20(22)24/h13-17H,4-12H2,1-3H3,(H,25,26). The molecule has 2 heterocycles. The number of rotatable bonds is 5. The lowest BCUT2D eigenvalue weighted by Gasteiger charge is -2.35. The van der Waals surface area contributed by atoms with Crippen LogP contribution in [0.25, 0.3) is 10.9 Å². The molecule has 1 aliphatic heterocycles. The van der Waals surface area contributed by atoms with Crippen molar-refractivity contribution in [3.63, 3.8) is 0 Å². The predicted octanol–water partition coefficient (Wildman–Crippen LogP) is 4.89. The average molecular weight is 380 g/mol. The number of piperidine rings is 1. The first-order valence-electron chi connectivity index (χ1n) is 11.2. The summed E-state index contributed by atoms with van der Waals surface area (Å²) >= 11 is 0. The number of fused-ring (bicyclic) bond motifs is 2. The van der Waals surface area contributed by atoms with Gasteiger partial charge in [-0.25, -0.2) is 0 Å². The molecule has 4 heteroatoms. The second kappa shape index (κ2) is 7.22. The van der Waals surface area contributed by atoms with Gasteiger partial charge in [-0.3, -0.25) is 4.98 Å². The fraction of sp³-hybridized carbons (Fsp3) is 0.625. The molecule has 0 spiro atoms. The SMILES string of the molecule is COc1cc2c(NC3CCN(C(C)C)CC3)c3c(nc2cc1C1CC1)CCC3. The van der Waals surface area contributed by atoms with E-state index in [2.05, 4.69) is 36.2 Å². The van der Waals surface area contributed by atoms with E-state index in [9.17, 15) is 0 Å². The van der Waals surface area contributed by atoms with E-state index in [0.717, 1.165) is 24.1 Å². The summed E-state index contributed by atoms with van der Waals surface area (Å²) in [6.07, 6.45) is 8.50. The van der Waals surface area contributed by atoms with Gasteiger partial charge in [0, 0.05) is 41.9 Å². The summed E-state index contributed by atoms with van der Waals surface area (Å²) in [5.74, 6) is 1.72. The quantitative estimate of drug-likeness (QED) is 0.802. The molecule has 0 amide bonds. The number of aromatic nitrogens is 1. The molecule has 5 rings (SSSR count). The minimum Gasteiger partial charge on any atom is -0.496 e. The first-order chi connectivity index (χ1) is 13.6. The number of hydrogen-bond donors (Lipinski definition) is 1. The first kappa shape index (κ1) is 18.2. The Hall–Kier alpha value is -1.81. The first-order valence-corrected chi connectivity index (χ1v) is 11.2.